The fourth-order valence-electron chi connectivity index (χ4n) is 3.94. The Morgan fingerprint density at radius 2 is 1.79 bits per heavy atom. The van der Waals surface area contributed by atoms with Crippen molar-refractivity contribution < 1.29 is 0 Å². The smallest absolute Gasteiger partial charge is 0.163 e. The van der Waals surface area contributed by atoms with Gasteiger partial charge in [0.2, 0.25) is 0 Å². The molecule has 142 valence electrons. The van der Waals surface area contributed by atoms with Gasteiger partial charge < -0.3 is 0 Å². The van der Waals surface area contributed by atoms with Gasteiger partial charge in [0, 0.05) is 17.9 Å². The quantitative estimate of drug-likeness (QED) is 0.513. The first-order chi connectivity index (χ1) is 14.1. The zero-order valence-electron chi connectivity index (χ0n) is 16.6. The van der Waals surface area contributed by atoms with E-state index < -0.39 is 0 Å². The molecule has 0 amide bonds. The van der Waals surface area contributed by atoms with Gasteiger partial charge in [-0.05, 0) is 49.4 Å². The molecule has 5 heteroatoms. The van der Waals surface area contributed by atoms with E-state index in [1.165, 1.54) is 29.7 Å². The SMILES string of the molecule is Cc1nc2c(Cc3ccc(-c4ccccc4C#N)cc3)c(C3CC3)nc(C)n2n1. The van der Waals surface area contributed by atoms with Crippen LogP contribution in [0.15, 0.2) is 48.5 Å². The Bertz CT molecular complexity index is 1260. The van der Waals surface area contributed by atoms with Gasteiger partial charge >= 0.3 is 0 Å². The number of hydrogen-bond donors (Lipinski definition) is 0. The van der Waals surface area contributed by atoms with Gasteiger partial charge in [-0.2, -0.15) is 9.78 Å². The third-order valence-corrected chi connectivity index (χ3v) is 5.54. The van der Waals surface area contributed by atoms with E-state index in [1.54, 1.807) is 0 Å². The highest BCUT2D eigenvalue weighted by molar-refractivity contribution is 5.70. The van der Waals surface area contributed by atoms with Gasteiger partial charge in [-0.3, -0.25) is 0 Å². The van der Waals surface area contributed by atoms with Crippen LogP contribution in [0.3, 0.4) is 0 Å². The highest BCUT2D eigenvalue weighted by atomic mass is 15.3. The molecule has 1 aliphatic rings. The van der Waals surface area contributed by atoms with E-state index in [4.69, 9.17) is 9.97 Å². The normalized spacial score (nSPS) is 13.6. The van der Waals surface area contributed by atoms with Crippen molar-refractivity contribution in [3.63, 3.8) is 0 Å². The Morgan fingerprint density at radius 1 is 1.03 bits per heavy atom. The maximum absolute atomic E-state index is 9.37. The molecule has 2 heterocycles. The van der Waals surface area contributed by atoms with Gasteiger partial charge in [0.25, 0.3) is 0 Å². The molecule has 2 aromatic heterocycles. The second-order valence-electron chi connectivity index (χ2n) is 7.72. The van der Waals surface area contributed by atoms with E-state index >= 15 is 0 Å². The Labute approximate surface area is 169 Å². The third kappa shape index (κ3) is 3.17. The number of rotatable bonds is 4. The summed E-state index contributed by atoms with van der Waals surface area (Å²) in [6.07, 6.45) is 3.18. The Kier molecular flexibility index (Phi) is 4.13. The van der Waals surface area contributed by atoms with Gasteiger partial charge in [0.05, 0.1) is 17.3 Å². The molecule has 0 radical (unpaired) electrons. The van der Waals surface area contributed by atoms with Gasteiger partial charge in [0.1, 0.15) is 11.6 Å². The molecular formula is C24H21N5. The number of nitrogens with zero attached hydrogens (tertiary/aromatic N) is 5. The largest absolute Gasteiger partial charge is 0.237 e. The lowest BCUT2D eigenvalue weighted by Gasteiger charge is -2.12. The van der Waals surface area contributed by atoms with E-state index in [9.17, 15) is 5.26 Å². The predicted octanol–water partition coefficient (Wildman–Crippen LogP) is 4.75. The summed E-state index contributed by atoms with van der Waals surface area (Å²) in [6.45, 7) is 3.92. The summed E-state index contributed by atoms with van der Waals surface area (Å²) < 4.78 is 1.87. The van der Waals surface area contributed by atoms with Crippen LogP contribution in [0.4, 0.5) is 0 Å². The lowest BCUT2D eigenvalue weighted by molar-refractivity contribution is 0.809. The predicted molar refractivity (Wildman–Crippen MR) is 112 cm³/mol. The number of benzene rings is 2. The van der Waals surface area contributed by atoms with Crippen LogP contribution in [0.1, 0.15) is 52.8 Å². The average Bonchev–Trinajstić information content (AvgIpc) is 3.51. The maximum Gasteiger partial charge on any atom is 0.163 e. The summed E-state index contributed by atoms with van der Waals surface area (Å²) in [4.78, 5) is 9.59. The van der Waals surface area contributed by atoms with Crippen LogP contribution in [0, 0.1) is 25.2 Å². The summed E-state index contributed by atoms with van der Waals surface area (Å²) in [6, 6.07) is 18.4. The van der Waals surface area contributed by atoms with E-state index in [0.717, 1.165) is 34.8 Å². The van der Waals surface area contributed by atoms with Crippen molar-refractivity contribution in [2.24, 2.45) is 0 Å². The highest BCUT2D eigenvalue weighted by Gasteiger charge is 2.30. The third-order valence-electron chi connectivity index (χ3n) is 5.54. The average molecular weight is 379 g/mol. The first-order valence-corrected chi connectivity index (χ1v) is 9.95. The van der Waals surface area contributed by atoms with Crippen LogP contribution in [0.2, 0.25) is 0 Å². The summed E-state index contributed by atoms with van der Waals surface area (Å²) in [7, 11) is 0. The molecule has 5 nitrogen and oxygen atoms in total. The minimum absolute atomic E-state index is 0.549. The van der Waals surface area contributed by atoms with Crippen molar-refractivity contribution in [3.8, 4) is 17.2 Å². The standard InChI is InChI=1S/C24H21N5/c1-15-26-24-22(23(19-11-12-19)27-16(2)29(24)28-15)13-17-7-9-18(10-8-17)21-6-4-3-5-20(21)14-25/h3-10,19H,11-13H2,1-2H3. The summed E-state index contributed by atoms with van der Waals surface area (Å²) in [5.41, 5.74) is 7.21. The van der Waals surface area contributed by atoms with Gasteiger partial charge in [-0.15, -0.1) is 5.10 Å². The topological polar surface area (TPSA) is 66.9 Å². The Balaban J connectivity index is 1.54. The second-order valence-corrected chi connectivity index (χ2v) is 7.72. The van der Waals surface area contributed by atoms with Crippen LogP contribution in [-0.2, 0) is 6.42 Å². The molecule has 1 saturated carbocycles. The van der Waals surface area contributed by atoms with Gasteiger partial charge in [-0.1, -0.05) is 42.5 Å². The number of aryl methyl sites for hydroxylation is 2. The van der Waals surface area contributed by atoms with Crippen molar-refractivity contribution in [1.29, 1.82) is 5.26 Å². The van der Waals surface area contributed by atoms with Crippen molar-refractivity contribution in [2.45, 2.75) is 39.0 Å². The van der Waals surface area contributed by atoms with Crippen LogP contribution in [-0.4, -0.2) is 19.6 Å². The molecule has 1 fully saturated rings. The van der Waals surface area contributed by atoms with Crippen LogP contribution < -0.4 is 0 Å². The summed E-state index contributed by atoms with van der Waals surface area (Å²) in [5.74, 6) is 2.22. The second kappa shape index (κ2) is 6.82. The molecule has 29 heavy (non-hydrogen) atoms. The number of fused-ring (bicyclic) bond motifs is 1. The van der Waals surface area contributed by atoms with Crippen LogP contribution in [0.5, 0.6) is 0 Å². The lowest BCUT2D eigenvalue weighted by atomic mass is 9.97. The molecular weight excluding hydrogens is 358 g/mol. The fourth-order valence-corrected chi connectivity index (χ4v) is 3.94. The molecule has 4 aromatic rings. The van der Waals surface area contributed by atoms with Crippen LogP contribution >= 0.6 is 0 Å². The van der Waals surface area contributed by atoms with Crippen molar-refractivity contribution in [3.05, 3.63) is 82.6 Å². The Morgan fingerprint density at radius 3 is 2.52 bits per heavy atom. The molecule has 0 atom stereocenters. The first-order valence-electron chi connectivity index (χ1n) is 9.95. The van der Waals surface area contributed by atoms with Crippen LogP contribution in [0.25, 0.3) is 16.8 Å². The van der Waals surface area contributed by atoms with Gasteiger partial charge in [-0.25, -0.2) is 9.97 Å². The van der Waals surface area contributed by atoms with Crippen molar-refractivity contribution in [2.75, 3.05) is 0 Å². The molecule has 2 aromatic carbocycles. The molecule has 0 unspecified atom stereocenters. The Hall–Kier alpha value is -3.52. The zero-order chi connectivity index (χ0) is 20.0. The molecule has 5 rings (SSSR count). The molecule has 0 aliphatic heterocycles. The zero-order valence-corrected chi connectivity index (χ0v) is 16.6. The minimum atomic E-state index is 0.549. The summed E-state index contributed by atoms with van der Waals surface area (Å²) in [5, 5.41) is 13.9. The maximum atomic E-state index is 9.37. The summed E-state index contributed by atoms with van der Waals surface area (Å²) >= 11 is 0. The molecule has 0 saturated heterocycles. The van der Waals surface area contributed by atoms with E-state index in [-0.39, 0.29) is 0 Å². The monoisotopic (exact) mass is 379 g/mol. The molecule has 0 bridgehead atoms. The minimum Gasteiger partial charge on any atom is -0.237 e. The lowest BCUT2D eigenvalue weighted by Crippen LogP contribution is -2.07. The number of aromatic nitrogens is 4. The van der Waals surface area contributed by atoms with Gasteiger partial charge in [0.15, 0.2) is 5.65 Å². The molecule has 0 spiro atoms. The first kappa shape index (κ1) is 17.6. The molecule has 1 aliphatic carbocycles. The number of hydrogen-bond acceptors (Lipinski definition) is 4. The van der Waals surface area contributed by atoms with E-state index in [1.807, 2.05) is 42.6 Å². The number of nitriles is 1. The van der Waals surface area contributed by atoms with E-state index in [2.05, 4.69) is 35.4 Å². The fraction of sp³-hybridized carbons (Fsp3) is 0.250. The van der Waals surface area contributed by atoms with Crippen molar-refractivity contribution >= 4 is 5.65 Å². The van der Waals surface area contributed by atoms with Crippen molar-refractivity contribution in [1.82, 2.24) is 19.6 Å². The highest BCUT2D eigenvalue weighted by Crippen LogP contribution is 2.42. The molecule has 0 N–H and O–H groups in total. The van der Waals surface area contributed by atoms with E-state index in [0.29, 0.717) is 11.5 Å².